The zero-order valence-electron chi connectivity index (χ0n) is 11.8. The number of rotatable bonds is 5. The molecule has 0 aromatic heterocycles. The number of amides is 1. The van der Waals surface area contributed by atoms with Crippen LogP contribution in [0.4, 0.5) is 5.69 Å². The molecule has 114 valence electrons. The summed E-state index contributed by atoms with van der Waals surface area (Å²) in [5.74, 6) is -1.10. The molecule has 0 N–H and O–H groups in total. The number of ether oxygens (including phenoxy) is 1. The maximum absolute atomic E-state index is 12.4. The van der Waals surface area contributed by atoms with Gasteiger partial charge in [0.15, 0.2) is 0 Å². The number of non-ortho nitro benzene ring substituents is 1. The van der Waals surface area contributed by atoms with Crippen molar-refractivity contribution >= 4 is 29.2 Å². The van der Waals surface area contributed by atoms with Gasteiger partial charge in [0, 0.05) is 28.8 Å². The highest BCUT2D eigenvalue weighted by atomic mass is 35.5. The lowest BCUT2D eigenvalue weighted by atomic mass is 10.1. The van der Waals surface area contributed by atoms with Gasteiger partial charge in [-0.1, -0.05) is 11.6 Å². The van der Waals surface area contributed by atoms with Crippen molar-refractivity contribution in [2.24, 2.45) is 0 Å². The minimum atomic E-state index is -0.636. The molecule has 1 amide bonds. The number of nitro groups is 1. The third kappa shape index (κ3) is 4.42. The first kappa shape index (κ1) is 16.9. The van der Waals surface area contributed by atoms with E-state index in [1.54, 1.807) is 13.8 Å². The number of nitrogens with zero attached hydrogens (tertiary/aromatic N) is 2. The molecule has 0 fully saturated rings. The number of halogens is 1. The quantitative estimate of drug-likeness (QED) is 0.472. The van der Waals surface area contributed by atoms with E-state index in [-0.39, 0.29) is 28.9 Å². The third-order valence-corrected chi connectivity index (χ3v) is 2.97. The summed E-state index contributed by atoms with van der Waals surface area (Å²) in [6, 6.07) is 3.32. The highest BCUT2D eigenvalue weighted by Crippen LogP contribution is 2.22. The fourth-order valence-corrected chi connectivity index (χ4v) is 1.89. The minimum Gasteiger partial charge on any atom is -0.468 e. The fraction of sp³-hybridized carbons (Fsp3) is 0.385. The van der Waals surface area contributed by atoms with E-state index in [1.165, 1.54) is 18.1 Å². The first-order chi connectivity index (χ1) is 9.76. The zero-order valence-corrected chi connectivity index (χ0v) is 12.6. The number of nitro benzene ring substituents is 1. The van der Waals surface area contributed by atoms with Gasteiger partial charge < -0.3 is 9.64 Å². The summed E-state index contributed by atoms with van der Waals surface area (Å²) in [4.78, 5) is 35.2. The number of carbonyl (C=O) groups excluding carboxylic acids is 2. The SMILES string of the molecule is COC(=O)CN(C(=O)c1cc(Cl)cc([N+](=O)[O-])c1)C(C)C. The van der Waals surface area contributed by atoms with Gasteiger partial charge in [0.05, 0.1) is 12.0 Å². The molecule has 0 aliphatic carbocycles. The van der Waals surface area contributed by atoms with Gasteiger partial charge in [0.1, 0.15) is 6.54 Å². The molecule has 0 aliphatic rings. The van der Waals surface area contributed by atoms with Crippen LogP contribution in [0.3, 0.4) is 0 Å². The lowest BCUT2D eigenvalue weighted by molar-refractivity contribution is -0.384. The van der Waals surface area contributed by atoms with Gasteiger partial charge in [-0.2, -0.15) is 0 Å². The van der Waals surface area contributed by atoms with Crippen LogP contribution in [-0.4, -0.2) is 41.4 Å². The molecule has 0 heterocycles. The summed E-state index contributed by atoms with van der Waals surface area (Å²) in [5.41, 5.74) is -0.237. The molecule has 0 unspecified atom stereocenters. The molecule has 0 aliphatic heterocycles. The zero-order chi connectivity index (χ0) is 16.2. The summed E-state index contributed by atoms with van der Waals surface area (Å²) >= 11 is 5.79. The number of carbonyl (C=O) groups is 2. The molecule has 1 rings (SSSR count). The number of hydrogen-bond acceptors (Lipinski definition) is 5. The van der Waals surface area contributed by atoms with Crippen molar-refractivity contribution in [3.05, 3.63) is 38.9 Å². The van der Waals surface area contributed by atoms with Crippen LogP contribution in [0, 0.1) is 10.1 Å². The Morgan fingerprint density at radius 3 is 2.48 bits per heavy atom. The molecule has 1 aromatic carbocycles. The summed E-state index contributed by atoms with van der Waals surface area (Å²) in [7, 11) is 1.22. The predicted molar refractivity (Wildman–Crippen MR) is 76.3 cm³/mol. The van der Waals surface area contributed by atoms with Crippen molar-refractivity contribution in [1.82, 2.24) is 4.90 Å². The van der Waals surface area contributed by atoms with Crippen LogP contribution in [0.5, 0.6) is 0 Å². The molecule has 0 spiro atoms. The highest BCUT2D eigenvalue weighted by Gasteiger charge is 2.24. The van der Waals surface area contributed by atoms with Crippen molar-refractivity contribution in [3.63, 3.8) is 0 Å². The van der Waals surface area contributed by atoms with E-state index in [1.807, 2.05) is 0 Å². The Balaban J connectivity index is 3.14. The highest BCUT2D eigenvalue weighted by molar-refractivity contribution is 6.31. The Kier molecular flexibility index (Phi) is 5.66. The van der Waals surface area contributed by atoms with Crippen LogP contribution in [0.15, 0.2) is 18.2 Å². The molecule has 1 aromatic rings. The fourth-order valence-electron chi connectivity index (χ4n) is 1.66. The molecular formula is C13H15ClN2O5. The first-order valence-electron chi connectivity index (χ1n) is 6.09. The van der Waals surface area contributed by atoms with Crippen molar-refractivity contribution in [1.29, 1.82) is 0 Å². The summed E-state index contributed by atoms with van der Waals surface area (Å²) in [6.45, 7) is 3.20. The van der Waals surface area contributed by atoms with Gasteiger partial charge in [0.2, 0.25) is 0 Å². The van der Waals surface area contributed by atoms with Gasteiger partial charge in [-0.25, -0.2) is 0 Å². The van der Waals surface area contributed by atoms with E-state index < -0.39 is 16.8 Å². The smallest absolute Gasteiger partial charge is 0.325 e. The standard InChI is InChI=1S/C13H15ClN2O5/c1-8(2)15(7-12(17)21-3)13(18)9-4-10(14)6-11(5-9)16(19)20/h4-6,8H,7H2,1-3H3. The Hall–Kier alpha value is -2.15. The summed E-state index contributed by atoms with van der Waals surface area (Å²) < 4.78 is 4.54. The van der Waals surface area contributed by atoms with Crippen molar-refractivity contribution in [2.75, 3.05) is 13.7 Å². The van der Waals surface area contributed by atoms with Crippen molar-refractivity contribution in [2.45, 2.75) is 19.9 Å². The Morgan fingerprint density at radius 2 is 2.00 bits per heavy atom. The second-order valence-corrected chi connectivity index (χ2v) is 4.99. The summed E-state index contributed by atoms with van der Waals surface area (Å²) in [6.07, 6.45) is 0. The van der Waals surface area contributed by atoms with Crippen molar-refractivity contribution < 1.29 is 19.2 Å². The van der Waals surface area contributed by atoms with Gasteiger partial charge in [0.25, 0.3) is 11.6 Å². The molecule has 0 bridgehead atoms. The van der Waals surface area contributed by atoms with Gasteiger partial charge in [-0.15, -0.1) is 0 Å². The van der Waals surface area contributed by atoms with Crippen LogP contribution in [-0.2, 0) is 9.53 Å². The van der Waals surface area contributed by atoms with Gasteiger partial charge in [-0.05, 0) is 19.9 Å². The number of hydrogen-bond donors (Lipinski definition) is 0. The van der Waals surface area contributed by atoms with E-state index in [0.29, 0.717) is 0 Å². The van der Waals surface area contributed by atoms with Crippen LogP contribution >= 0.6 is 11.6 Å². The van der Waals surface area contributed by atoms with Crippen LogP contribution < -0.4 is 0 Å². The molecule has 0 saturated carbocycles. The topological polar surface area (TPSA) is 89.8 Å². The molecule has 21 heavy (non-hydrogen) atoms. The van der Waals surface area contributed by atoms with Gasteiger partial charge in [-0.3, -0.25) is 19.7 Å². The van der Waals surface area contributed by atoms with E-state index in [4.69, 9.17) is 11.6 Å². The second kappa shape index (κ2) is 7.03. The predicted octanol–water partition coefficient (Wildman–Crippen LogP) is 2.27. The van der Waals surface area contributed by atoms with Gasteiger partial charge >= 0.3 is 5.97 Å². The first-order valence-corrected chi connectivity index (χ1v) is 6.46. The van der Waals surface area contributed by atoms with E-state index >= 15 is 0 Å². The van der Waals surface area contributed by atoms with Crippen molar-refractivity contribution in [3.8, 4) is 0 Å². The Bertz CT molecular complexity index is 574. The molecule has 7 nitrogen and oxygen atoms in total. The van der Waals surface area contributed by atoms with E-state index in [2.05, 4.69) is 4.74 Å². The normalized spacial score (nSPS) is 10.3. The lowest BCUT2D eigenvalue weighted by Gasteiger charge is -2.25. The monoisotopic (exact) mass is 314 g/mol. The number of methoxy groups -OCH3 is 1. The minimum absolute atomic E-state index is 0.0480. The molecule has 8 heteroatoms. The number of esters is 1. The van der Waals surface area contributed by atoms with Crippen LogP contribution in [0.1, 0.15) is 24.2 Å². The van der Waals surface area contributed by atoms with E-state index in [9.17, 15) is 19.7 Å². The molecule has 0 radical (unpaired) electrons. The molecular weight excluding hydrogens is 300 g/mol. The third-order valence-electron chi connectivity index (χ3n) is 2.75. The number of benzene rings is 1. The maximum Gasteiger partial charge on any atom is 0.325 e. The second-order valence-electron chi connectivity index (χ2n) is 4.56. The van der Waals surface area contributed by atoms with Crippen LogP contribution in [0.25, 0.3) is 0 Å². The largest absolute Gasteiger partial charge is 0.468 e. The maximum atomic E-state index is 12.4. The molecule has 0 atom stereocenters. The summed E-state index contributed by atoms with van der Waals surface area (Å²) in [5, 5.41) is 10.9. The molecule has 0 saturated heterocycles. The van der Waals surface area contributed by atoms with E-state index in [0.717, 1.165) is 12.1 Å². The van der Waals surface area contributed by atoms with Crippen LogP contribution in [0.2, 0.25) is 5.02 Å². The average Bonchev–Trinajstić information content (AvgIpc) is 2.42. The Labute approximate surface area is 126 Å². The average molecular weight is 315 g/mol. The Morgan fingerprint density at radius 1 is 1.38 bits per heavy atom. The lowest BCUT2D eigenvalue weighted by Crippen LogP contribution is -2.41.